The number of nitrogens with one attached hydrogen (secondary N) is 2. The van der Waals surface area contributed by atoms with Crippen molar-refractivity contribution in [2.24, 2.45) is 0 Å². The van der Waals surface area contributed by atoms with E-state index in [1.807, 2.05) is 17.5 Å². The molecule has 0 aliphatic carbocycles. The molecule has 114 valence electrons. The molecule has 2 heterocycles. The number of benzene rings is 1. The molecule has 0 saturated heterocycles. The summed E-state index contributed by atoms with van der Waals surface area (Å²) in [4.78, 5) is 15.8. The summed E-state index contributed by atoms with van der Waals surface area (Å²) in [6, 6.07) is 9.76. The molecule has 2 aromatic heterocycles. The number of aromatic nitrogens is 1. The second kappa shape index (κ2) is 5.55. The van der Waals surface area contributed by atoms with Crippen LogP contribution in [-0.4, -0.2) is 22.5 Å². The minimum absolute atomic E-state index is 0.0736. The predicted molar refractivity (Wildman–Crippen MR) is 84.5 cm³/mol. The van der Waals surface area contributed by atoms with Crippen molar-refractivity contribution in [3.8, 4) is 0 Å². The Morgan fingerprint density at radius 2 is 2.23 bits per heavy atom. The predicted octanol–water partition coefficient (Wildman–Crippen LogP) is 3.01. The fourth-order valence-electron chi connectivity index (χ4n) is 2.26. The average Bonchev–Trinajstić information content (AvgIpc) is 3.14. The lowest BCUT2D eigenvalue weighted by atomic mass is 10.1. The van der Waals surface area contributed by atoms with Gasteiger partial charge in [-0.05, 0) is 36.6 Å². The molecule has 6 heteroatoms. The maximum absolute atomic E-state index is 13.6. The van der Waals surface area contributed by atoms with Gasteiger partial charge in [-0.3, -0.25) is 4.79 Å². The van der Waals surface area contributed by atoms with Gasteiger partial charge in [-0.25, -0.2) is 4.39 Å². The van der Waals surface area contributed by atoms with E-state index in [-0.39, 0.29) is 24.0 Å². The number of amides is 1. The monoisotopic (exact) mass is 318 g/mol. The van der Waals surface area contributed by atoms with Crippen LogP contribution in [0.25, 0.3) is 10.9 Å². The highest BCUT2D eigenvalue weighted by Gasteiger charge is 2.25. The van der Waals surface area contributed by atoms with Gasteiger partial charge >= 0.3 is 0 Å². The van der Waals surface area contributed by atoms with E-state index in [1.165, 1.54) is 23.5 Å². The van der Waals surface area contributed by atoms with Gasteiger partial charge in [-0.1, -0.05) is 12.1 Å². The first-order chi connectivity index (χ1) is 10.5. The van der Waals surface area contributed by atoms with Crippen LogP contribution in [0.1, 0.15) is 22.3 Å². The number of hydrogen-bond acceptors (Lipinski definition) is 3. The number of H-pyrrole nitrogens is 1. The van der Waals surface area contributed by atoms with E-state index < -0.39 is 5.60 Å². The van der Waals surface area contributed by atoms with Gasteiger partial charge in [0, 0.05) is 15.8 Å². The highest BCUT2D eigenvalue weighted by molar-refractivity contribution is 7.10. The molecule has 0 aliphatic heterocycles. The Balaban J connectivity index is 1.75. The molecule has 0 bridgehead atoms. The molecular weight excluding hydrogens is 303 g/mol. The summed E-state index contributed by atoms with van der Waals surface area (Å²) >= 11 is 1.42. The summed E-state index contributed by atoms with van der Waals surface area (Å²) in [5.74, 6) is -0.759. The van der Waals surface area contributed by atoms with E-state index in [0.717, 1.165) is 4.88 Å². The van der Waals surface area contributed by atoms with E-state index in [0.29, 0.717) is 10.9 Å². The molecule has 1 unspecified atom stereocenters. The third kappa shape index (κ3) is 2.75. The molecular formula is C16H15FN2O2S. The van der Waals surface area contributed by atoms with Crippen molar-refractivity contribution in [2.45, 2.75) is 12.5 Å². The molecule has 4 nitrogen and oxygen atoms in total. The highest BCUT2D eigenvalue weighted by Crippen LogP contribution is 2.24. The topological polar surface area (TPSA) is 65.1 Å². The maximum Gasteiger partial charge on any atom is 0.267 e. The summed E-state index contributed by atoms with van der Waals surface area (Å²) < 4.78 is 13.6. The summed E-state index contributed by atoms with van der Waals surface area (Å²) in [5.41, 5.74) is -0.307. The number of hydrogen-bond donors (Lipinski definition) is 3. The van der Waals surface area contributed by atoms with Crippen LogP contribution < -0.4 is 5.32 Å². The number of fused-ring (bicyclic) bond motifs is 1. The molecule has 22 heavy (non-hydrogen) atoms. The van der Waals surface area contributed by atoms with Crippen LogP contribution in [0.15, 0.2) is 41.8 Å². The number of aromatic amines is 1. The van der Waals surface area contributed by atoms with Gasteiger partial charge in [0.2, 0.25) is 0 Å². The van der Waals surface area contributed by atoms with Crippen LogP contribution in [0, 0.1) is 5.82 Å². The Morgan fingerprint density at radius 3 is 2.91 bits per heavy atom. The van der Waals surface area contributed by atoms with Crippen molar-refractivity contribution in [2.75, 3.05) is 6.54 Å². The van der Waals surface area contributed by atoms with Crippen LogP contribution >= 0.6 is 11.3 Å². The normalized spacial score (nSPS) is 14.0. The van der Waals surface area contributed by atoms with Crippen LogP contribution in [0.2, 0.25) is 0 Å². The van der Waals surface area contributed by atoms with E-state index in [4.69, 9.17) is 0 Å². The largest absolute Gasteiger partial charge is 0.383 e. The van der Waals surface area contributed by atoms with Gasteiger partial charge in [-0.15, -0.1) is 11.3 Å². The van der Waals surface area contributed by atoms with E-state index >= 15 is 0 Å². The summed E-state index contributed by atoms with van der Waals surface area (Å²) in [6.45, 7) is 1.72. The summed E-state index contributed by atoms with van der Waals surface area (Å²) in [5, 5.41) is 15.3. The second-order valence-corrected chi connectivity index (χ2v) is 6.27. The summed E-state index contributed by atoms with van der Waals surface area (Å²) in [6.07, 6.45) is 0. The van der Waals surface area contributed by atoms with Crippen molar-refractivity contribution in [1.82, 2.24) is 10.3 Å². The van der Waals surface area contributed by atoms with Crippen molar-refractivity contribution in [1.29, 1.82) is 0 Å². The SMILES string of the molecule is CC(O)(CNC(=O)c1cc2c(F)cccc2[nH]1)c1cccs1. The molecule has 3 N–H and O–H groups in total. The number of carbonyl (C=O) groups is 1. The molecule has 0 radical (unpaired) electrons. The third-order valence-corrected chi connectivity index (χ3v) is 4.62. The summed E-state index contributed by atoms with van der Waals surface area (Å²) in [7, 11) is 0. The smallest absolute Gasteiger partial charge is 0.267 e. The molecule has 0 saturated carbocycles. The molecule has 1 aromatic carbocycles. The number of rotatable bonds is 4. The van der Waals surface area contributed by atoms with Gasteiger partial charge in [0.05, 0.1) is 6.54 Å². The lowest BCUT2D eigenvalue weighted by molar-refractivity contribution is 0.0555. The van der Waals surface area contributed by atoms with Gasteiger partial charge in [0.25, 0.3) is 5.91 Å². The molecule has 3 rings (SSSR count). The fourth-order valence-corrected chi connectivity index (χ4v) is 3.05. The zero-order chi connectivity index (χ0) is 15.7. The van der Waals surface area contributed by atoms with Gasteiger partial charge in [-0.2, -0.15) is 0 Å². The molecule has 0 fully saturated rings. The Hall–Kier alpha value is -2.18. The van der Waals surface area contributed by atoms with Crippen molar-refractivity contribution in [3.63, 3.8) is 0 Å². The Kier molecular flexibility index (Phi) is 3.72. The maximum atomic E-state index is 13.6. The Bertz CT molecular complexity index is 809. The lowest BCUT2D eigenvalue weighted by Crippen LogP contribution is -2.38. The average molecular weight is 318 g/mol. The Labute approximate surface area is 130 Å². The number of thiophene rings is 1. The minimum atomic E-state index is -1.14. The quantitative estimate of drug-likeness (QED) is 0.692. The first-order valence-electron chi connectivity index (χ1n) is 6.79. The standard InChI is InChI=1S/C16H15FN2O2S/c1-16(21,14-6-3-7-22-14)9-18-15(20)13-8-10-11(17)4-2-5-12(10)19-13/h2-8,19,21H,9H2,1H3,(H,18,20). The second-order valence-electron chi connectivity index (χ2n) is 5.32. The van der Waals surface area contributed by atoms with Crippen LogP contribution in [0.5, 0.6) is 0 Å². The molecule has 1 atom stereocenters. The van der Waals surface area contributed by atoms with Crippen molar-refractivity contribution >= 4 is 28.1 Å². The van der Waals surface area contributed by atoms with Gasteiger partial charge < -0.3 is 15.4 Å². The van der Waals surface area contributed by atoms with Gasteiger partial charge in [0.1, 0.15) is 17.1 Å². The van der Waals surface area contributed by atoms with E-state index in [9.17, 15) is 14.3 Å². The first-order valence-corrected chi connectivity index (χ1v) is 7.67. The van der Waals surface area contributed by atoms with E-state index in [2.05, 4.69) is 10.3 Å². The molecule has 3 aromatic rings. The molecule has 0 spiro atoms. The number of aliphatic hydroxyl groups is 1. The van der Waals surface area contributed by atoms with Crippen molar-refractivity contribution in [3.05, 3.63) is 58.2 Å². The van der Waals surface area contributed by atoms with Crippen molar-refractivity contribution < 1.29 is 14.3 Å². The zero-order valence-electron chi connectivity index (χ0n) is 11.9. The third-order valence-electron chi connectivity index (χ3n) is 3.50. The van der Waals surface area contributed by atoms with Crippen LogP contribution in [0.4, 0.5) is 4.39 Å². The first kappa shape index (κ1) is 14.7. The fraction of sp³-hybridized carbons (Fsp3) is 0.188. The number of halogens is 1. The molecule has 1 amide bonds. The lowest BCUT2D eigenvalue weighted by Gasteiger charge is -2.22. The van der Waals surface area contributed by atoms with Crippen LogP contribution in [0.3, 0.4) is 0 Å². The highest BCUT2D eigenvalue weighted by atomic mass is 32.1. The van der Waals surface area contributed by atoms with Crippen LogP contribution in [-0.2, 0) is 5.60 Å². The zero-order valence-corrected chi connectivity index (χ0v) is 12.7. The van der Waals surface area contributed by atoms with Gasteiger partial charge in [0.15, 0.2) is 0 Å². The minimum Gasteiger partial charge on any atom is -0.383 e. The molecule has 0 aliphatic rings. The Morgan fingerprint density at radius 1 is 1.41 bits per heavy atom. The van der Waals surface area contributed by atoms with E-state index in [1.54, 1.807) is 19.1 Å². The number of carbonyl (C=O) groups excluding carboxylic acids is 1.